The molecule has 0 saturated carbocycles. The molecule has 0 radical (unpaired) electrons. The fraction of sp³-hybridized carbons (Fsp3) is 0.571. The van der Waals surface area contributed by atoms with Crippen molar-refractivity contribution in [2.45, 2.75) is 19.8 Å². The maximum atomic E-state index is 12.2. The Balaban J connectivity index is 0.00000180. The van der Waals surface area contributed by atoms with Gasteiger partial charge in [0.2, 0.25) is 0 Å². The van der Waals surface area contributed by atoms with E-state index in [0.717, 1.165) is 39.0 Å². The van der Waals surface area contributed by atoms with Crippen LogP contribution in [-0.2, 0) is 0 Å². The summed E-state index contributed by atoms with van der Waals surface area (Å²) in [6.45, 7) is 5.95. The molecular formula is C14H23Cl2N3O. The first-order valence-electron chi connectivity index (χ1n) is 6.71. The quantitative estimate of drug-likeness (QED) is 0.926. The Hall–Kier alpha value is -0.840. The van der Waals surface area contributed by atoms with Crippen LogP contribution in [0, 0.1) is 5.92 Å². The van der Waals surface area contributed by atoms with Crippen LogP contribution in [0.4, 0.5) is 0 Å². The van der Waals surface area contributed by atoms with Gasteiger partial charge in [0.05, 0.1) is 5.56 Å². The average molecular weight is 320 g/mol. The Morgan fingerprint density at radius 2 is 2.10 bits per heavy atom. The molecule has 20 heavy (non-hydrogen) atoms. The zero-order valence-corrected chi connectivity index (χ0v) is 13.4. The van der Waals surface area contributed by atoms with Crippen LogP contribution < -0.4 is 5.32 Å². The van der Waals surface area contributed by atoms with Crippen LogP contribution in [0.1, 0.15) is 30.1 Å². The number of piperidine rings is 1. The fourth-order valence-corrected chi connectivity index (χ4v) is 2.36. The number of hydrogen-bond donors (Lipinski definition) is 1. The molecule has 0 unspecified atom stereocenters. The van der Waals surface area contributed by atoms with E-state index in [2.05, 4.69) is 17.2 Å². The predicted octanol–water partition coefficient (Wildman–Crippen LogP) is 2.39. The van der Waals surface area contributed by atoms with Gasteiger partial charge in [0.25, 0.3) is 5.91 Å². The van der Waals surface area contributed by atoms with Crippen molar-refractivity contribution in [3.05, 3.63) is 30.1 Å². The van der Waals surface area contributed by atoms with E-state index in [4.69, 9.17) is 0 Å². The van der Waals surface area contributed by atoms with Crippen molar-refractivity contribution in [3.63, 3.8) is 0 Å². The molecule has 1 aliphatic rings. The zero-order chi connectivity index (χ0) is 12.8. The van der Waals surface area contributed by atoms with Gasteiger partial charge in [-0.3, -0.25) is 9.78 Å². The second-order valence-corrected chi connectivity index (χ2v) is 4.78. The molecule has 0 bridgehead atoms. The standard InChI is InChI=1S/C14H21N3O.2ClH/c1-2-15-10-12-5-8-17(9-6-12)14(18)13-4-3-7-16-11-13;;/h3-4,7,11-12,15H,2,5-6,8-10H2,1H3;2*1H. The smallest absolute Gasteiger partial charge is 0.255 e. The molecule has 0 aliphatic carbocycles. The second-order valence-electron chi connectivity index (χ2n) is 4.78. The van der Waals surface area contributed by atoms with Crippen LogP contribution >= 0.6 is 24.8 Å². The van der Waals surface area contributed by atoms with Gasteiger partial charge >= 0.3 is 0 Å². The lowest BCUT2D eigenvalue weighted by Crippen LogP contribution is -2.40. The molecule has 1 aliphatic heterocycles. The average Bonchev–Trinajstić information content (AvgIpc) is 2.46. The highest BCUT2D eigenvalue weighted by molar-refractivity contribution is 5.93. The highest BCUT2D eigenvalue weighted by Gasteiger charge is 2.23. The zero-order valence-electron chi connectivity index (χ0n) is 11.7. The molecule has 1 amide bonds. The molecule has 0 spiro atoms. The lowest BCUT2D eigenvalue weighted by molar-refractivity contribution is 0.0690. The summed E-state index contributed by atoms with van der Waals surface area (Å²) in [7, 11) is 0. The highest BCUT2D eigenvalue weighted by Crippen LogP contribution is 2.18. The first-order chi connectivity index (χ1) is 8.81. The minimum absolute atomic E-state index is 0. The highest BCUT2D eigenvalue weighted by atomic mass is 35.5. The summed E-state index contributed by atoms with van der Waals surface area (Å²) in [4.78, 5) is 18.1. The van der Waals surface area contributed by atoms with Crippen LogP contribution in [-0.4, -0.2) is 42.0 Å². The molecule has 1 N–H and O–H groups in total. The molecule has 1 saturated heterocycles. The molecule has 1 aromatic rings. The van der Waals surface area contributed by atoms with Gasteiger partial charge in [0, 0.05) is 25.5 Å². The Morgan fingerprint density at radius 3 is 2.65 bits per heavy atom. The number of likely N-dealkylation sites (tertiary alicyclic amines) is 1. The van der Waals surface area contributed by atoms with Gasteiger partial charge in [-0.2, -0.15) is 0 Å². The minimum atomic E-state index is 0. The number of nitrogens with one attached hydrogen (secondary N) is 1. The molecule has 0 atom stereocenters. The topological polar surface area (TPSA) is 45.2 Å². The van der Waals surface area contributed by atoms with E-state index in [1.54, 1.807) is 12.4 Å². The molecular weight excluding hydrogens is 297 g/mol. The lowest BCUT2D eigenvalue weighted by atomic mass is 9.96. The number of amides is 1. The van der Waals surface area contributed by atoms with Crippen molar-refractivity contribution in [1.82, 2.24) is 15.2 Å². The van der Waals surface area contributed by atoms with Gasteiger partial charge in [0.1, 0.15) is 0 Å². The van der Waals surface area contributed by atoms with E-state index in [1.165, 1.54) is 0 Å². The van der Waals surface area contributed by atoms with Gasteiger partial charge in [0.15, 0.2) is 0 Å². The molecule has 1 aromatic heterocycles. The Labute approximate surface area is 133 Å². The summed E-state index contributed by atoms with van der Waals surface area (Å²) in [5.41, 5.74) is 0.697. The Kier molecular flexibility index (Phi) is 9.55. The van der Waals surface area contributed by atoms with Crippen LogP contribution in [0.5, 0.6) is 0 Å². The first-order valence-corrected chi connectivity index (χ1v) is 6.71. The number of pyridine rings is 1. The predicted molar refractivity (Wildman–Crippen MR) is 85.9 cm³/mol. The van der Waals surface area contributed by atoms with Gasteiger partial charge in [-0.15, -0.1) is 24.8 Å². The van der Waals surface area contributed by atoms with Crippen molar-refractivity contribution in [3.8, 4) is 0 Å². The van der Waals surface area contributed by atoms with E-state index in [-0.39, 0.29) is 30.7 Å². The lowest BCUT2D eigenvalue weighted by Gasteiger charge is -2.32. The third-order valence-corrected chi connectivity index (χ3v) is 3.49. The normalized spacial score (nSPS) is 15.2. The van der Waals surface area contributed by atoms with E-state index >= 15 is 0 Å². The van der Waals surface area contributed by atoms with Crippen LogP contribution in [0.25, 0.3) is 0 Å². The number of carbonyl (C=O) groups is 1. The van der Waals surface area contributed by atoms with Crippen molar-refractivity contribution >= 4 is 30.7 Å². The fourth-order valence-electron chi connectivity index (χ4n) is 2.36. The third kappa shape index (κ3) is 5.27. The molecule has 4 nitrogen and oxygen atoms in total. The van der Waals surface area contributed by atoms with E-state index in [9.17, 15) is 4.79 Å². The third-order valence-electron chi connectivity index (χ3n) is 3.49. The van der Waals surface area contributed by atoms with Crippen LogP contribution in [0.15, 0.2) is 24.5 Å². The summed E-state index contributed by atoms with van der Waals surface area (Å²) in [5, 5.41) is 3.38. The van der Waals surface area contributed by atoms with Gasteiger partial charge < -0.3 is 10.2 Å². The summed E-state index contributed by atoms with van der Waals surface area (Å²) in [5.74, 6) is 0.827. The molecule has 114 valence electrons. The van der Waals surface area contributed by atoms with E-state index < -0.39 is 0 Å². The maximum absolute atomic E-state index is 12.2. The monoisotopic (exact) mass is 319 g/mol. The molecule has 2 rings (SSSR count). The van der Waals surface area contributed by atoms with Gasteiger partial charge in [-0.1, -0.05) is 6.92 Å². The molecule has 2 heterocycles. The van der Waals surface area contributed by atoms with Gasteiger partial charge in [-0.25, -0.2) is 0 Å². The Morgan fingerprint density at radius 1 is 1.40 bits per heavy atom. The number of rotatable bonds is 4. The van der Waals surface area contributed by atoms with Crippen molar-refractivity contribution < 1.29 is 4.79 Å². The summed E-state index contributed by atoms with van der Waals surface area (Å²) < 4.78 is 0. The van der Waals surface area contributed by atoms with Crippen molar-refractivity contribution in [1.29, 1.82) is 0 Å². The largest absolute Gasteiger partial charge is 0.339 e. The SMILES string of the molecule is CCNCC1CCN(C(=O)c2cccnc2)CC1.Cl.Cl. The first kappa shape index (κ1) is 19.2. The van der Waals surface area contributed by atoms with Crippen molar-refractivity contribution in [2.24, 2.45) is 5.92 Å². The number of hydrogen-bond acceptors (Lipinski definition) is 3. The molecule has 1 fully saturated rings. The number of aromatic nitrogens is 1. The molecule has 0 aromatic carbocycles. The second kappa shape index (κ2) is 9.97. The Bertz CT molecular complexity index is 381. The molecule has 6 heteroatoms. The van der Waals surface area contributed by atoms with E-state index in [0.29, 0.717) is 11.5 Å². The number of nitrogens with zero attached hydrogens (tertiary/aromatic N) is 2. The summed E-state index contributed by atoms with van der Waals surface area (Å²) >= 11 is 0. The summed E-state index contributed by atoms with van der Waals surface area (Å²) in [6.07, 6.45) is 5.53. The summed E-state index contributed by atoms with van der Waals surface area (Å²) in [6, 6.07) is 3.64. The number of carbonyl (C=O) groups excluding carboxylic acids is 1. The maximum Gasteiger partial charge on any atom is 0.255 e. The van der Waals surface area contributed by atoms with Crippen LogP contribution in [0.3, 0.4) is 0 Å². The van der Waals surface area contributed by atoms with E-state index in [1.807, 2.05) is 17.0 Å². The van der Waals surface area contributed by atoms with Crippen LogP contribution in [0.2, 0.25) is 0 Å². The van der Waals surface area contributed by atoms with Gasteiger partial charge in [-0.05, 0) is 44.0 Å². The van der Waals surface area contributed by atoms with Crippen molar-refractivity contribution in [2.75, 3.05) is 26.2 Å². The minimum Gasteiger partial charge on any atom is -0.339 e. The number of halogens is 2.